The molecule has 9 heteroatoms. The Morgan fingerprint density at radius 1 is 1.12 bits per heavy atom. The highest BCUT2D eigenvalue weighted by atomic mass is 32.2. The van der Waals surface area contributed by atoms with Gasteiger partial charge in [-0.25, -0.2) is 4.98 Å². The number of amides is 2. The second kappa shape index (κ2) is 9.60. The second-order valence-electron chi connectivity index (χ2n) is 7.63. The maximum atomic E-state index is 13.5. The van der Waals surface area contributed by atoms with Crippen LogP contribution < -0.4 is 16.6 Å². The van der Waals surface area contributed by atoms with Crippen molar-refractivity contribution in [2.75, 3.05) is 11.1 Å². The molecule has 4 aromatic rings. The van der Waals surface area contributed by atoms with Gasteiger partial charge >= 0.3 is 0 Å². The predicted octanol–water partition coefficient (Wildman–Crippen LogP) is 4.40. The van der Waals surface area contributed by atoms with Crippen molar-refractivity contribution < 1.29 is 9.59 Å². The smallest absolute Gasteiger partial charge is 0.266 e. The predicted molar refractivity (Wildman–Crippen MR) is 134 cm³/mol. The van der Waals surface area contributed by atoms with Crippen molar-refractivity contribution in [1.29, 1.82) is 0 Å². The molecule has 0 fully saturated rings. The number of fused-ring (bicyclic) bond motifs is 1. The maximum absolute atomic E-state index is 13.5. The first-order valence-electron chi connectivity index (χ1n) is 10.3. The van der Waals surface area contributed by atoms with Crippen LogP contribution in [-0.4, -0.2) is 27.1 Å². The molecule has 168 valence electrons. The molecular formula is C24H22N4O3S2. The van der Waals surface area contributed by atoms with E-state index in [-0.39, 0.29) is 28.7 Å². The van der Waals surface area contributed by atoms with Gasteiger partial charge in [0.15, 0.2) is 5.16 Å². The molecule has 2 heterocycles. The molecule has 0 radical (unpaired) electrons. The van der Waals surface area contributed by atoms with E-state index >= 15 is 0 Å². The Morgan fingerprint density at radius 2 is 1.85 bits per heavy atom. The summed E-state index contributed by atoms with van der Waals surface area (Å²) in [6.45, 7) is 4.13. The highest BCUT2D eigenvalue weighted by molar-refractivity contribution is 7.99. The molecule has 2 aromatic heterocycles. The Hall–Kier alpha value is -3.43. The van der Waals surface area contributed by atoms with Crippen molar-refractivity contribution in [3.63, 3.8) is 0 Å². The summed E-state index contributed by atoms with van der Waals surface area (Å²) in [5.74, 6) is -0.734. The van der Waals surface area contributed by atoms with Crippen molar-refractivity contribution in [2.24, 2.45) is 5.73 Å². The normalized spacial score (nSPS) is 11.1. The largest absolute Gasteiger partial charge is 0.366 e. The standard InChI is InChI=1S/C24H22N4O3S2/c1-14(2)15-7-4-6-10-19(15)28-23(31)16-8-3-5-9-18(16)26-24(28)33-13-20(29)27-22-17(21(25)30)11-12-32-22/h3-12,14H,13H2,1-2H3,(H2,25,30)(H,27,29). The van der Waals surface area contributed by atoms with Crippen LogP contribution in [-0.2, 0) is 4.79 Å². The van der Waals surface area contributed by atoms with Crippen molar-refractivity contribution in [3.8, 4) is 5.69 Å². The van der Waals surface area contributed by atoms with Gasteiger partial charge in [-0.15, -0.1) is 11.3 Å². The minimum Gasteiger partial charge on any atom is -0.366 e. The molecule has 0 aliphatic rings. The van der Waals surface area contributed by atoms with Crippen LogP contribution in [0.15, 0.2) is 69.9 Å². The van der Waals surface area contributed by atoms with E-state index in [4.69, 9.17) is 10.7 Å². The van der Waals surface area contributed by atoms with Gasteiger partial charge in [-0.2, -0.15) is 0 Å². The van der Waals surface area contributed by atoms with Crippen LogP contribution in [0.25, 0.3) is 16.6 Å². The Kier molecular flexibility index (Phi) is 6.62. The SMILES string of the molecule is CC(C)c1ccccc1-n1c(SCC(=O)Nc2sccc2C(N)=O)nc2ccccc2c1=O. The highest BCUT2D eigenvalue weighted by Gasteiger charge is 2.19. The minimum absolute atomic E-state index is 0.00469. The average Bonchev–Trinajstić information content (AvgIpc) is 3.26. The molecule has 2 aromatic carbocycles. The number of carbonyl (C=O) groups excluding carboxylic acids is 2. The number of nitrogens with one attached hydrogen (secondary N) is 1. The van der Waals surface area contributed by atoms with Crippen molar-refractivity contribution in [1.82, 2.24) is 9.55 Å². The van der Waals surface area contributed by atoms with Gasteiger partial charge < -0.3 is 11.1 Å². The van der Waals surface area contributed by atoms with Gasteiger partial charge in [0, 0.05) is 0 Å². The number of carbonyl (C=O) groups is 2. The average molecular weight is 479 g/mol. The lowest BCUT2D eigenvalue weighted by molar-refractivity contribution is -0.113. The Morgan fingerprint density at radius 3 is 2.61 bits per heavy atom. The fraction of sp³-hybridized carbons (Fsp3) is 0.167. The van der Waals surface area contributed by atoms with Gasteiger partial charge in [-0.3, -0.25) is 19.0 Å². The fourth-order valence-corrected chi connectivity index (χ4v) is 5.11. The van der Waals surface area contributed by atoms with Crippen LogP contribution in [0.4, 0.5) is 5.00 Å². The van der Waals surface area contributed by atoms with E-state index in [0.29, 0.717) is 21.1 Å². The zero-order chi connectivity index (χ0) is 23.5. The van der Waals surface area contributed by atoms with E-state index in [2.05, 4.69) is 19.2 Å². The summed E-state index contributed by atoms with van der Waals surface area (Å²) in [6.07, 6.45) is 0. The van der Waals surface area contributed by atoms with Crippen LogP contribution in [0.2, 0.25) is 0 Å². The molecule has 0 unspecified atom stereocenters. The van der Waals surface area contributed by atoms with Crippen LogP contribution in [0, 0.1) is 0 Å². The van der Waals surface area contributed by atoms with E-state index < -0.39 is 5.91 Å². The maximum Gasteiger partial charge on any atom is 0.266 e. The van der Waals surface area contributed by atoms with Crippen LogP contribution >= 0.6 is 23.1 Å². The minimum atomic E-state index is -0.602. The van der Waals surface area contributed by atoms with Crippen LogP contribution in [0.3, 0.4) is 0 Å². The third-order valence-corrected chi connectivity index (χ3v) is 6.83. The van der Waals surface area contributed by atoms with E-state index in [9.17, 15) is 14.4 Å². The number of benzene rings is 2. The number of thioether (sulfide) groups is 1. The molecular weight excluding hydrogens is 456 g/mol. The summed E-state index contributed by atoms with van der Waals surface area (Å²) in [7, 11) is 0. The zero-order valence-corrected chi connectivity index (χ0v) is 19.7. The van der Waals surface area contributed by atoms with Gasteiger partial charge in [0.25, 0.3) is 11.5 Å². The quantitative estimate of drug-likeness (QED) is 0.302. The Labute approximate surface area is 198 Å². The molecule has 0 aliphatic carbocycles. The summed E-state index contributed by atoms with van der Waals surface area (Å²) >= 11 is 2.39. The lowest BCUT2D eigenvalue weighted by Crippen LogP contribution is -2.24. The summed E-state index contributed by atoms with van der Waals surface area (Å²) in [4.78, 5) is 42.4. The number of nitrogens with zero attached hydrogens (tertiary/aromatic N) is 2. The first-order valence-corrected chi connectivity index (χ1v) is 12.1. The van der Waals surface area contributed by atoms with Gasteiger partial charge in [0.05, 0.1) is 27.9 Å². The summed E-state index contributed by atoms with van der Waals surface area (Å²) in [6, 6.07) is 16.4. The van der Waals surface area contributed by atoms with Gasteiger partial charge in [-0.1, -0.05) is 55.9 Å². The third kappa shape index (κ3) is 4.69. The van der Waals surface area contributed by atoms with Gasteiger partial charge in [-0.05, 0) is 41.1 Å². The lowest BCUT2D eigenvalue weighted by Gasteiger charge is -2.18. The molecule has 0 bridgehead atoms. The number of thiophene rings is 1. The molecule has 0 aliphatic heterocycles. The van der Waals surface area contributed by atoms with Crippen molar-refractivity contribution >= 4 is 50.8 Å². The molecule has 7 nitrogen and oxygen atoms in total. The van der Waals surface area contributed by atoms with Crippen LogP contribution in [0.1, 0.15) is 35.7 Å². The number of nitrogens with two attached hydrogens (primary N) is 1. The molecule has 0 spiro atoms. The third-order valence-electron chi connectivity index (χ3n) is 5.06. The summed E-state index contributed by atoms with van der Waals surface area (Å²) in [5, 5.41) is 5.75. The van der Waals surface area contributed by atoms with Crippen LogP contribution in [0.5, 0.6) is 0 Å². The number of anilines is 1. The number of primary amides is 1. The summed E-state index contributed by atoms with van der Waals surface area (Å²) < 4.78 is 1.58. The first kappa shape index (κ1) is 22.8. The summed E-state index contributed by atoms with van der Waals surface area (Å²) in [5.41, 5.74) is 7.75. The Balaban J connectivity index is 1.72. The molecule has 0 saturated heterocycles. The number of rotatable bonds is 7. The topological polar surface area (TPSA) is 107 Å². The molecule has 2 amide bonds. The number of para-hydroxylation sites is 2. The monoisotopic (exact) mass is 478 g/mol. The molecule has 4 rings (SSSR count). The molecule has 33 heavy (non-hydrogen) atoms. The number of aromatic nitrogens is 2. The highest BCUT2D eigenvalue weighted by Crippen LogP contribution is 2.28. The van der Waals surface area contributed by atoms with E-state index in [1.807, 2.05) is 36.4 Å². The van der Waals surface area contributed by atoms with E-state index in [1.165, 1.54) is 11.3 Å². The van der Waals surface area contributed by atoms with Gasteiger partial charge in [0.2, 0.25) is 5.91 Å². The van der Waals surface area contributed by atoms with Crippen molar-refractivity contribution in [2.45, 2.75) is 24.9 Å². The second-order valence-corrected chi connectivity index (χ2v) is 9.49. The van der Waals surface area contributed by atoms with Gasteiger partial charge in [0.1, 0.15) is 5.00 Å². The molecule has 3 N–H and O–H groups in total. The lowest BCUT2D eigenvalue weighted by atomic mass is 10.0. The Bertz CT molecular complexity index is 1410. The first-order chi connectivity index (χ1) is 15.9. The fourth-order valence-electron chi connectivity index (χ4n) is 3.49. The zero-order valence-electron chi connectivity index (χ0n) is 18.1. The van der Waals surface area contributed by atoms with Crippen molar-refractivity contribution in [3.05, 3.63) is 81.5 Å². The van der Waals surface area contributed by atoms with E-state index in [0.717, 1.165) is 23.0 Å². The molecule has 0 atom stereocenters. The number of hydrogen-bond acceptors (Lipinski definition) is 6. The molecule has 0 saturated carbocycles. The number of hydrogen-bond donors (Lipinski definition) is 2. The van der Waals surface area contributed by atoms with E-state index in [1.54, 1.807) is 28.1 Å².